The molecule has 0 aromatic carbocycles. The fourth-order valence-corrected chi connectivity index (χ4v) is 1.43. The SMILES string of the molecule is COCC1(OC)C=CN=C(Cl)C1. The highest BCUT2D eigenvalue weighted by molar-refractivity contribution is 6.65. The van der Waals surface area contributed by atoms with E-state index in [0.29, 0.717) is 18.2 Å². The first-order valence-electron chi connectivity index (χ1n) is 3.66. The zero-order valence-corrected chi connectivity index (χ0v) is 7.97. The summed E-state index contributed by atoms with van der Waals surface area (Å²) in [4.78, 5) is 3.92. The van der Waals surface area contributed by atoms with Crippen LogP contribution in [-0.2, 0) is 9.47 Å². The molecule has 0 radical (unpaired) electrons. The highest BCUT2D eigenvalue weighted by atomic mass is 35.5. The van der Waals surface area contributed by atoms with E-state index in [2.05, 4.69) is 4.99 Å². The molecule has 0 spiro atoms. The molecule has 0 aromatic rings. The van der Waals surface area contributed by atoms with Gasteiger partial charge in [-0.25, -0.2) is 4.99 Å². The summed E-state index contributed by atoms with van der Waals surface area (Å²) in [6.45, 7) is 0.492. The minimum atomic E-state index is -0.423. The molecule has 3 nitrogen and oxygen atoms in total. The van der Waals surface area contributed by atoms with Gasteiger partial charge in [0.25, 0.3) is 0 Å². The lowest BCUT2D eigenvalue weighted by Gasteiger charge is -2.29. The Morgan fingerprint density at radius 3 is 2.92 bits per heavy atom. The quantitative estimate of drug-likeness (QED) is 0.675. The van der Waals surface area contributed by atoms with Crippen molar-refractivity contribution < 1.29 is 9.47 Å². The minimum absolute atomic E-state index is 0.423. The summed E-state index contributed by atoms with van der Waals surface area (Å²) < 4.78 is 10.3. The number of aliphatic imine (C=N–C) groups is 1. The Balaban J connectivity index is 2.70. The van der Waals surface area contributed by atoms with Crippen molar-refractivity contribution >= 4 is 16.8 Å². The van der Waals surface area contributed by atoms with Gasteiger partial charge < -0.3 is 9.47 Å². The topological polar surface area (TPSA) is 30.8 Å². The number of halogens is 1. The van der Waals surface area contributed by atoms with Crippen LogP contribution in [0, 0.1) is 0 Å². The van der Waals surface area contributed by atoms with Crippen LogP contribution >= 0.6 is 11.6 Å². The molecule has 4 heteroatoms. The van der Waals surface area contributed by atoms with Crippen molar-refractivity contribution in [3.05, 3.63) is 12.3 Å². The Morgan fingerprint density at radius 2 is 2.42 bits per heavy atom. The Kier molecular flexibility index (Phi) is 3.26. The van der Waals surface area contributed by atoms with Crippen LogP contribution in [0.4, 0.5) is 0 Å². The number of nitrogens with zero attached hydrogens (tertiary/aromatic N) is 1. The van der Waals surface area contributed by atoms with Gasteiger partial charge in [-0.3, -0.25) is 0 Å². The maximum absolute atomic E-state index is 5.78. The number of hydrogen-bond donors (Lipinski definition) is 0. The molecule has 0 bridgehead atoms. The number of hydrogen-bond acceptors (Lipinski definition) is 3. The molecular formula is C8H12ClNO2. The maximum atomic E-state index is 5.78. The van der Waals surface area contributed by atoms with Gasteiger partial charge in [0.2, 0.25) is 0 Å². The molecule has 0 amide bonds. The molecule has 1 heterocycles. The van der Waals surface area contributed by atoms with Crippen molar-refractivity contribution in [3.63, 3.8) is 0 Å². The molecule has 0 aliphatic carbocycles. The van der Waals surface area contributed by atoms with Crippen LogP contribution in [0.2, 0.25) is 0 Å². The third-order valence-corrected chi connectivity index (χ3v) is 2.06. The summed E-state index contributed by atoms with van der Waals surface area (Å²) in [5.41, 5.74) is -0.423. The molecule has 1 aliphatic rings. The fraction of sp³-hybridized carbons (Fsp3) is 0.625. The van der Waals surface area contributed by atoms with E-state index in [1.165, 1.54) is 0 Å². The van der Waals surface area contributed by atoms with Gasteiger partial charge in [0.15, 0.2) is 0 Å². The number of methoxy groups -OCH3 is 2. The van der Waals surface area contributed by atoms with Gasteiger partial charge in [-0.1, -0.05) is 11.6 Å². The Labute approximate surface area is 77.0 Å². The number of rotatable bonds is 3. The van der Waals surface area contributed by atoms with Crippen molar-refractivity contribution in [1.82, 2.24) is 0 Å². The van der Waals surface area contributed by atoms with Gasteiger partial charge in [0.1, 0.15) is 10.8 Å². The second-order valence-corrected chi connectivity index (χ2v) is 3.14. The van der Waals surface area contributed by atoms with E-state index in [1.807, 2.05) is 6.08 Å². The van der Waals surface area contributed by atoms with Gasteiger partial charge in [-0.05, 0) is 6.08 Å². The summed E-state index contributed by atoms with van der Waals surface area (Å²) in [7, 11) is 3.27. The Bertz CT molecular complexity index is 215. The predicted molar refractivity (Wildman–Crippen MR) is 48.7 cm³/mol. The first-order chi connectivity index (χ1) is 5.72. The number of ether oxygens (including phenoxy) is 2. The zero-order valence-electron chi connectivity index (χ0n) is 7.21. The van der Waals surface area contributed by atoms with E-state index in [1.54, 1.807) is 20.4 Å². The molecule has 1 atom stereocenters. The smallest absolute Gasteiger partial charge is 0.117 e. The van der Waals surface area contributed by atoms with Crippen LogP contribution in [0.25, 0.3) is 0 Å². The van der Waals surface area contributed by atoms with Gasteiger partial charge in [0.05, 0.1) is 6.61 Å². The molecular weight excluding hydrogens is 178 g/mol. The van der Waals surface area contributed by atoms with Crippen molar-refractivity contribution in [2.45, 2.75) is 12.0 Å². The Hall–Kier alpha value is -0.380. The lowest BCUT2D eigenvalue weighted by Crippen LogP contribution is -2.37. The molecule has 68 valence electrons. The molecule has 0 N–H and O–H groups in total. The molecule has 1 aliphatic heterocycles. The standard InChI is InChI=1S/C8H12ClNO2/c1-11-6-8(12-2)3-4-10-7(9)5-8/h3-4H,5-6H2,1-2H3. The summed E-state index contributed by atoms with van der Waals surface area (Å²) >= 11 is 5.78. The zero-order chi connectivity index (χ0) is 9.03. The van der Waals surface area contributed by atoms with Crippen LogP contribution in [0.5, 0.6) is 0 Å². The van der Waals surface area contributed by atoms with Gasteiger partial charge in [0, 0.05) is 26.8 Å². The van der Waals surface area contributed by atoms with Gasteiger partial charge in [-0.15, -0.1) is 0 Å². The normalized spacial score (nSPS) is 28.8. The Morgan fingerprint density at radius 1 is 1.67 bits per heavy atom. The first kappa shape index (κ1) is 9.71. The second-order valence-electron chi connectivity index (χ2n) is 2.70. The third-order valence-electron chi connectivity index (χ3n) is 1.83. The second kappa shape index (κ2) is 4.03. The van der Waals surface area contributed by atoms with E-state index in [-0.39, 0.29) is 0 Å². The van der Waals surface area contributed by atoms with E-state index in [9.17, 15) is 0 Å². The average molecular weight is 190 g/mol. The summed E-state index contributed by atoms with van der Waals surface area (Å²) in [6.07, 6.45) is 4.09. The molecule has 0 fully saturated rings. The molecule has 1 unspecified atom stereocenters. The molecule has 1 rings (SSSR count). The van der Waals surface area contributed by atoms with E-state index in [4.69, 9.17) is 21.1 Å². The van der Waals surface area contributed by atoms with Crippen molar-refractivity contribution in [2.24, 2.45) is 4.99 Å². The van der Waals surface area contributed by atoms with Crippen molar-refractivity contribution in [1.29, 1.82) is 0 Å². The van der Waals surface area contributed by atoms with Crippen LogP contribution in [0.15, 0.2) is 17.3 Å². The molecule has 0 saturated carbocycles. The largest absolute Gasteiger partial charge is 0.381 e. The molecule has 12 heavy (non-hydrogen) atoms. The van der Waals surface area contributed by atoms with Crippen LogP contribution in [0.1, 0.15) is 6.42 Å². The summed E-state index contributed by atoms with van der Waals surface area (Å²) in [5, 5.41) is 0.552. The average Bonchev–Trinajstić information content (AvgIpc) is 2.05. The predicted octanol–water partition coefficient (Wildman–Crippen LogP) is 1.57. The minimum Gasteiger partial charge on any atom is -0.381 e. The highest BCUT2D eigenvalue weighted by Crippen LogP contribution is 2.23. The molecule has 0 saturated heterocycles. The maximum Gasteiger partial charge on any atom is 0.117 e. The van der Waals surface area contributed by atoms with Crippen LogP contribution in [-0.4, -0.2) is 31.6 Å². The molecule has 0 aromatic heterocycles. The van der Waals surface area contributed by atoms with Crippen LogP contribution in [0.3, 0.4) is 0 Å². The van der Waals surface area contributed by atoms with Crippen molar-refractivity contribution in [3.8, 4) is 0 Å². The monoisotopic (exact) mass is 189 g/mol. The lowest BCUT2D eigenvalue weighted by molar-refractivity contribution is -0.0244. The highest BCUT2D eigenvalue weighted by Gasteiger charge is 2.30. The van der Waals surface area contributed by atoms with Crippen molar-refractivity contribution in [2.75, 3.05) is 20.8 Å². The van der Waals surface area contributed by atoms with E-state index in [0.717, 1.165) is 0 Å². The van der Waals surface area contributed by atoms with E-state index < -0.39 is 5.60 Å². The van der Waals surface area contributed by atoms with Gasteiger partial charge in [-0.2, -0.15) is 0 Å². The van der Waals surface area contributed by atoms with Gasteiger partial charge >= 0.3 is 0 Å². The summed E-state index contributed by atoms with van der Waals surface area (Å²) in [5.74, 6) is 0. The summed E-state index contributed by atoms with van der Waals surface area (Å²) in [6, 6.07) is 0. The van der Waals surface area contributed by atoms with E-state index >= 15 is 0 Å². The lowest BCUT2D eigenvalue weighted by atomic mass is 10.00. The first-order valence-corrected chi connectivity index (χ1v) is 4.04. The third kappa shape index (κ3) is 2.06. The van der Waals surface area contributed by atoms with Crippen LogP contribution < -0.4 is 0 Å². The fourth-order valence-electron chi connectivity index (χ4n) is 1.15.